The average Bonchev–Trinajstić information content (AvgIpc) is 2.20. The quantitative estimate of drug-likeness (QED) is 0.803. The maximum atomic E-state index is 13.2. The zero-order valence-electron chi connectivity index (χ0n) is 9.39. The van der Waals surface area contributed by atoms with Gasteiger partial charge in [0.25, 0.3) is 0 Å². The standard InChI is InChI=1S/C12H14F4O/c1-8-4-5-9(7-10(8)13)11(17)3-2-6-12(14,15)16/h4-5,7,11,17H,2-3,6H2,1H3. The van der Waals surface area contributed by atoms with E-state index in [4.69, 9.17) is 0 Å². The number of aliphatic hydroxyl groups is 1. The number of aryl methyl sites for hydroxylation is 1. The van der Waals surface area contributed by atoms with Gasteiger partial charge >= 0.3 is 6.18 Å². The predicted molar refractivity (Wildman–Crippen MR) is 56.0 cm³/mol. The van der Waals surface area contributed by atoms with E-state index in [1.54, 1.807) is 6.92 Å². The lowest BCUT2D eigenvalue weighted by molar-refractivity contribution is -0.136. The van der Waals surface area contributed by atoms with Gasteiger partial charge in [-0.3, -0.25) is 0 Å². The summed E-state index contributed by atoms with van der Waals surface area (Å²) in [5, 5.41) is 9.60. The fraction of sp³-hybridized carbons (Fsp3) is 0.500. The second-order valence-corrected chi connectivity index (χ2v) is 4.03. The van der Waals surface area contributed by atoms with Crippen LogP contribution in [0.4, 0.5) is 17.6 Å². The van der Waals surface area contributed by atoms with Crippen LogP contribution in [-0.2, 0) is 0 Å². The molecule has 0 spiro atoms. The van der Waals surface area contributed by atoms with Crippen molar-refractivity contribution in [3.05, 3.63) is 35.1 Å². The Hall–Kier alpha value is -1.10. The van der Waals surface area contributed by atoms with E-state index in [2.05, 4.69) is 0 Å². The topological polar surface area (TPSA) is 20.2 Å². The molecule has 0 aliphatic carbocycles. The third-order valence-corrected chi connectivity index (χ3v) is 2.52. The maximum Gasteiger partial charge on any atom is 0.389 e. The van der Waals surface area contributed by atoms with Crippen molar-refractivity contribution in [2.24, 2.45) is 0 Å². The van der Waals surface area contributed by atoms with Crippen LogP contribution in [0.2, 0.25) is 0 Å². The molecular weight excluding hydrogens is 236 g/mol. The molecule has 0 aliphatic heterocycles. The molecule has 0 heterocycles. The molecule has 1 aromatic rings. The molecule has 1 aromatic carbocycles. The number of halogens is 4. The van der Waals surface area contributed by atoms with Crippen LogP contribution in [0.3, 0.4) is 0 Å². The molecule has 1 nitrogen and oxygen atoms in total. The lowest BCUT2D eigenvalue weighted by Gasteiger charge is -2.12. The highest BCUT2D eigenvalue weighted by Gasteiger charge is 2.26. The minimum Gasteiger partial charge on any atom is -0.388 e. The molecule has 1 atom stereocenters. The molecule has 0 fully saturated rings. The lowest BCUT2D eigenvalue weighted by atomic mass is 10.0. The second-order valence-electron chi connectivity index (χ2n) is 4.03. The van der Waals surface area contributed by atoms with Gasteiger partial charge in [0.15, 0.2) is 0 Å². The Morgan fingerprint density at radius 1 is 1.29 bits per heavy atom. The maximum absolute atomic E-state index is 13.2. The molecule has 0 radical (unpaired) electrons. The van der Waals surface area contributed by atoms with E-state index in [-0.39, 0.29) is 12.8 Å². The number of hydrogen-bond acceptors (Lipinski definition) is 1. The fourth-order valence-corrected chi connectivity index (χ4v) is 1.48. The van der Waals surface area contributed by atoms with E-state index >= 15 is 0 Å². The molecule has 96 valence electrons. The van der Waals surface area contributed by atoms with Gasteiger partial charge in [-0.1, -0.05) is 12.1 Å². The number of aliphatic hydroxyl groups excluding tert-OH is 1. The Bertz CT molecular complexity index is 373. The molecule has 1 N–H and O–H groups in total. The summed E-state index contributed by atoms with van der Waals surface area (Å²) in [6, 6.07) is 4.18. The van der Waals surface area contributed by atoms with Gasteiger partial charge in [0.2, 0.25) is 0 Å². The number of hydrogen-bond donors (Lipinski definition) is 1. The highest BCUT2D eigenvalue weighted by molar-refractivity contribution is 5.24. The van der Waals surface area contributed by atoms with Gasteiger partial charge in [-0.05, 0) is 37.0 Å². The molecule has 5 heteroatoms. The summed E-state index contributed by atoms with van der Waals surface area (Å²) >= 11 is 0. The average molecular weight is 250 g/mol. The van der Waals surface area contributed by atoms with Crippen LogP contribution in [0.15, 0.2) is 18.2 Å². The Kier molecular flexibility index (Phi) is 4.51. The first-order valence-electron chi connectivity index (χ1n) is 5.30. The third kappa shape index (κ3) is 4.73. The van der Waals surface area contributed by atoms with Crippen molar-refractivity contribution < 1.29 is 22.7 Å². The number of alkyl halides is 3. The van der Waals surface area contributed by atoms with Crippen LogP contribution >= 0.6 is 0 Å². The van der Waals surface area contributed by atoms with Gasteiger partial charge in [0, 0.05) is 6.42 Å². The first-order valence-corrected chi connectivity index (χ1v) is 5.30. The lowest BCUT2D eigenvalue weighted by Crippen LogP contribution is -2.08. The molecule has 1 rings (SSSR count). The molecule has 0 aromatic heterocycles. The molecule has 0 aliphatic rings. The molecule has 1 unspecified atom stereocenters. The largest absolute Gasteiger partial charge is 0.389 e. The fourth-order valence-electron chi connectivity index (χ4n) is 1.48. The van der Waals surface area contributed by atoms with Crippen LogP contribution in [0, 0.1) is 12.7 Å². The van der Waals surface area contributed by atoms with Crippen molar-refractivity contribution in [1.29, 1.82) is 0 Å². The second kappa shape index (κ2) is 5.49. The third-order valence-electron chi connectivity index (χ3n) is 2.52. The van der Waals surface area contributed by atoms with Crippen molar-refractivity contribution in [1.82, 2.24) is 0 Å². The highest BCUT2D eigenvalue weighted by Crippen LogP contribution is 2.26. The zero-order chi connectivity index (χ0) is 13.1. The van der Waals surface area contributed by atoms with Crippen LogP contribution in [0.5, 0.6) is 0 Å². The monoisotopic (exact) mass is 250 g/mol. The van der Waals surface area contributed by atoms with E-state index in [9.17, 15) is 22.7 Å². The Labute approximate surface area is 97.1 Å². The van der Waals surface area contributed by atoms with Gasteiger partial charge in [0.05, 0.1) is 6.10 Å². The van der Waals surface area contributed by atoms with Crippen LogP contribution in [-0.4, -0.2) is 11.3 Å². The van der Waals surface area contributed by atoms with Crippen molar-refractivity contribution in [2.45, 2.75) is 38.5 Å². The number of rotatable bonds is 4. The van der Waals surface area contributed by atoms with Gasteiger partial charge in [-0.2, -0.15) is 13.2 Å². The minimum absolute atomic E-state index is 0.0258. The van der Waals surface area contributed by atoms with Gasteiger partial charge in [-0.25, -0.2) is 4.39 Å². The highest BCUT2D eigenvalue weighted by atomic mass is 19.4. The van der Waals surface area contributed by atoms with Gasteiger partial charge in [0.1, 0.15) is 5.82 Å². The molecule has 17 heavy (non-hydrogen) atoms. The summed E-state index contributed by atoms with van der Waals surface area (Å²) in [5.41, 5.74) is 0.756. The first kappa shape index (κ1) is 14.0. The molecular formula is C12H14F4O. The summed E-state index contributed by atoms with van der Waals surface area (Å²) in [7, 11) is 0. The van der Waals surface area contributed by atoms with Gasteiger partial charge in [-0.15, -0.1) is 0 Å². The van der Waals surface area contributed by atoms with Crippen molar-refractivity contribution in [3.8, 4) is 0 Å². The van der Waals surface area contributed by atoms with E-state index < -0.39 is 24.5 Å². The van der Waals surface area contributed by atoms with Crippen LogP contribution in [0.1, 0.15) is 36.5 Å². The van der Waals surface area contributed by atoms with E-state index in [1.807, 2.05) is 0 Å². The van der Waals surface area contributed by atoms with Crippen molar-refractivity contribution >= 4 is 0 Å². The summed E-state index contributed by atoms with van der Waals surface area (Å²) in [5.74, 6) is -0.461. The molecule has 0 amide bonds. The normalized spacial score (nSPS) is 13.8. The molecule has 0 saturated carbocycles. The Morgan fingerprint density at radius 2 is 1.94 bits per heavy atom. The summed E-state index contributed by atoms with van der Waals surface area (Å²) in [6.45, 7) is 1.58. The van der Waals surface area contributed by atoms with Gasteiger partial charge < -0.3 is 5.11 Å². The summed E-state index contributed by atoms with van der Waals surface area (Å²) in [4.78, 5) is 0. The SMILES string of the molecule is Cc1ccc(C(O)CCCC(F)(F)F)cc1F. The molecule has 0 saturated heterocycles. The smallest absolute Gasteiger partial charge is 0.388 e. The number of benzene rings is 1. The van der Waals surface area contributed by atoms with Crippen LogP contribution in [0.25, 0.3) is 0 Å². The first-order chi connectivity index (χ1) is 7.79. The van der Waals surface area contributed by atoms with Crippen LogP contribution < -0.4 is 0 Å². The summed E-state index contributed by atoms with van der Waals surface area (Å²) < 4.78 is 48.8. The van der Waals surface area contributed by atoms with E-state index in [0.29, 0.717) is 11.1 Å². The van der Waals surface area contributed by atoms with E-state index in [1.165, 1.54) is 12.1 Å². The van der Waals surface area contributed by atoms with Crippen molar-refractivity contribution in [2.75, 3.05) is 0 Å². The zero-order valence-corrected chi connectivity index (χ0v) is 9.39. The van der Waals surface area contributed by atoms with Crippen molar-refractivity contribution in [3.63, 3.8) is 0 Å². The van der Waals surface area contributed by atoms with E-state index in [0.717, 1.165) is 6.07 Å². The predicted octanol–water partition coefficient (Wildman–Crippen LogP) is 3.90. The summed E-state index contributed by atoms with van der Waals surface area (Å²) in [6.07, 6.45) is -6.38. The Morgan fingerprint density at radius 3 is 2.47 bits per heavy atom. The molecule has 0 bridgehead atoms. The Balaban J connectivity index is 2.52. The minimum atomic E-state index is -4.21.